The number of carbonyl (C=O) groups is 1. The molecule has 0 saturated heterocycles. The Balaban J connectivity index is 1.71. The van der Waals surface area contributed by atoms with E-state index in [4.69, 9.17) is 56.8 Å². The Morgan fingerprint density at radius 2 is 0.574 bits per heavy atom. The van der Waals surface area contributed by atoms with Crippen molar-refractivity contribution in [1.82, 2.24) is 0 Å². The summed E-state index contributed by atoms with van der Waals surface area (Å²) in [6, 6.07) is 0. The maximum Gasteiger partial charge on any atom is 0.313 e. The van der Waals surface area contributed by atoms with Crippen molar-refractivity contribution in [1.29, 1.82) is 0 Å². The summed E-state index contributed by atoms with van der Waals surface area (Å²) in [5.74, 6) is -14.1. The fraction of sp³-hybridized carbons (Fsp3) is 0.800. The molecule has 0 aliphatic rings. The minimum absolute atomic E-state index is 0.0798. The number of ether oxygens (including phenoxy) is 13. The molecule has 1 rings (SSSR count). The maximum absolute atomic E-state index is 13.5. The third kappa shape index (κ3) is 27.4. The van der Waals surface area contributed by atoms with Crippen molar-refractivity contribution < 1.29 is 88.3 Å². The highest BCUT2D eigenvalue weighted by Gasteiger charge is 2.28. The minimum Gasteiger partial charge on any atom is -0.420 e. The van der Waals surface area contributed by atoms with E-state index in [-0.39, 0.29) is 26.4 Å². The van der Waals surface area contributed by atoms with E-state index >= 15 is 0 Å². The van der Waals surface area contributed by atoms with Gasteiger partial charge < -0.3 is 61.6 Å². The number of hydrogen-bond donors (Lipinski definition) is 0. The van der Waals surface area contributed by atoms with E-state index < -0.39 is 47.2 Å². The van der Waals surface area contributed by atoms with Gasteiger partial charge in [-0.3, -0.25) is 4.79 Å². The molecular formula is C35H57F5O14. The molecule has 1 aromatic rings. The molecule has 54 heavy (non-hydrogen) atoms. The molecule has 1 aromatic carbocycles. The van der Waals surface area contributed by atoms with Crippen molar-refractivity contribution in [3.05, 3.63) is 29.1 Å². The minimum atomic E-state index is -2.35. The highest BCUT2D eigenvalue weighted by atomic mass is 19.2. The van der Waals surface area contributed by atoms with Crippen molar-refractivity contribution >= 4 is 5.97 Å². The molecule has 0 saturated carbocycles. The highest BCUT2D eigenvalue weighted by molar-refractivity contribution is 5.72. The molecule has 0 spiro atoms. The van der Waals surface area contributed by atoms with Crippen LogP contribution >= 0.6 is 0 Å². The molecule has 0 heterocycles. The number of hydrogen-bond acceptors (Lipinski definition) is 14. The van der Waals surface area contributed by atoms with Gasteiger partial charge in [0, 0.05) is 6.61 Å². The molecule has 0 radical (unpaired) electrons. The number of esters is 1. The summed E-state index contributed by atoms with van der Waals surface area (Å²) in [5.41, 5.74) is 0. The lowest BCUT2D eigenvalue weighted by Gasteiger charge is -2.09. The second-order valence-corrected chi connectivity index (χ2v) is 10.8. The molecule has 0 amide bonds. The predicted molar refractivity (Wildman–Crippen MR) is 181 cm³/mol. The average Bonchev–Trinajstić information content (AvgIpc) is 3.17. The van der Waals surface area contributed by atoms with Crippen LogP contribution < -0.4 is 4.74 Å². The largest absolute Gasteiger partial charge is 0.420 e. The first-order chi connectivity index (χ1) is 26.4. The van der Waals surface area contributed by atoms with Crippen LogP contribution in [0, 0.1) is 29.1 Å². The van der Waals surface area contributed by atoms with Crippen LogP contribution in [0.2, 0.25) is 0 Å². The molecule has 19 heteroatoms. The predicted octanol–water partition coefficient (Wildman–Crippen LogP) is 3.68. The summed E-state index contributed by atoms with van der Waals surface area (Å²) >= 11 is 0. The Bertz CT molecular complexity index is 1020. The molecule has 0 atom stereocenters. The smallest absolute Gasteiger partial charge is 0.313 e. The van der Waals surface area contributed by atoms with Gasteiger partial charge in [-0.15, -0.1) is 0 Å². The first-order valence-electron chi connectivity index (χ1n) is 18.0. The SMILES string of the molecule is CCCCOCCOCCOCCOCCOCCOCCOCCOCCOCCOCCOCCOCCC(=O)Oc1c(F)c(F)c(F)c(F)c1F. The van der Waals surface area contributed by atoms with E-state index in [1.807, 2.05) is 0 Å². The van der Waals surface area contributed by atoms with Gasteiger partial charge in [-0.25, -0.2) is 13.2 Å². The van der Waals surface area contributed by atoms with Crippen LogP contribution in [0.4, 0.5) is 22.0 Å². The van der Waals surface area contributed by atoms with Gasteiger partial charge in [0.2, 0.25) is 34.8 Å². The van der Waals surface area contributed by atoms with Gasteiger partial charge in [0.25, 0.3) is 0 Å². The van der Waals surface area contributed by atoms with E-state index in [0.29, 0.717) is 126 Å². The molecule has 0 aliphatic heterocycles. The topological polar surface area (TPSA) is 137 Å². The van der Waals surface area contributed by atoms with Gasteiger partial charge in [0.1, 0.15) is 0 Å². The maximum atomic E-state index is 13.5. The molecule has 0 aromatic heterocycles. The summed E-state index contributed by atoms with van der Waals surface area (Å²) < 4.78 is 135. The number of benzene rings is 1. The van der Waals surface area contributed by atoms with Gasteiger partial charge >= 0.3 is 5.97 Å². The standard InChI is InChI=1S/C35H57F5O14/c1-2-3-5-42-7-9-44-11-13-46-15-17-48-19-21-50-23-25-52-27-28-53-26-24-51-22-20-49-18-16-47-14-12-45-10-8-43-6-4-29(41)54-35-33(39)31(37)30(36)32(38)34(35)40/h2-28H2,1H3. The summed E-state index contributed by atoms with van der Waals surface area (Å²) in [5, 5.41) is 0. The van der Waals surface area contributed by atoms with Crippen LogP contribution in [0.3, 0.4) is 0 Å². The molecule has 316 valence electrons. The summed E-state index contributed by atoms with van der Waals surface area (Å²) in [4.78, 5) is 11.7. The fourth-order valence-electron chi connectivity index (χ4n) is 3.76. The first kappa shape index (κ1) is 49.9. The van der Waals surface area contributed by atoms with Crippen LogP contribution in [0.5, 0.6) is 5.75 Å². The van der Waals surface area contributed by atoms with Crippen LogP contribution in [-0.2, 0) is 61.6 Å². The third-order valence-corrected chi connectivity index (χ3v) is 6.57. The first-order valence-corrected chi connectivity index (χ1v) is 18.0. The van der Waals surface area contributed by atoms with Crippen LogP contribution in [0.25, 0.3) is 0 Å². The van der Waals surface area contributed by atoms with Crippen LogP contribution in [0.15, 0.2) is 0 Å². The van der Waals surface area contributed by atoms with E-state index in [9.17, 15) is 26.7 Å². The number of rotatable bonds is 40. The number of halogens is 5. The van der Waals surface area contributed by atoms with Gasteiger partial charge in [-0.1, -0.05) is 13.3 Å². The average molecular weight is 797 g/mol. The molecular weight excluding hydrogens is 739 g/mol. The van der Waals surface area contributed by atoms with Gasteiger partial charge in [0.15, 0.2) is 0 Å². The highest BCUT2D eigenvalue weighted by Crippen LogP contribution is 2.29. The summed E-state index contributed by atoms with van der Waals surface area (Å²) in [6.45, 7) is 12.0. The zero-order chi connectivity index (χ0) is 39.3. The van der Waals surface area contributed by atoms with Crippen molar-refractivity contribution in [3.8, 4) is 5.75 Å². The Kier molecular flexibility index (Phi) is 33.7. The van der Waals surface area contributed by atoms with E-state index in [1.54, 1.807) is 0 Å². The lowest BCUT2D eigenvalue weighted by atomic mass is 10.2. The lowest BCUT2D eigenvalue weighted by molar-refractivity contribution is -0.136. The Morgan fingerprint density at radius 3 is 0.833 bits per heavy atom. The van der Waals surface area contributed by atoms with Crippen LogP contribution in [0.1, 0.15) is 26.2 Å². The Labute approximate surface area is 313 Å². The van der Waals surface area contributed by atoms with E-state index in [1.165, 1.54) is 0 Å². The zero-order valence-electron chi connectivity index (χ0n) is 31.2. The van der Waals surface area contributed by atoms with E-state index in [2.05, 4.69) is 11.7 Å². The van der Waals surface area contributed by atoms with Crippen molar-refractivity contribution in [2.45, 2.75) is 26.2 Å². The second kappa shape index (κ2) is 36.5. The van der Waals surface area contributed by atoms with Gasteiger partial charge in [-0.05, 0) is 6.42 Å². The normalized spacial score (nSPS) is 11.5. The van der Waals surface area contributed by atoms with Gasteiger partial charge in [-0.2, -0.15) is 8.78 Å². The number of unbranched alkanes of at least 4 members (excludes halogenated alkanes) is 1. The molecule has 0 bridgehead atoms. The summed E-state index contributed by atoms with van der Waals surface area (Å²) in [7, 11) is 0. The molecule has 0 unspecified atom stereocenters. The number of carbonyl (C=O) groups excluding carboxylic acids is 1. The fourth-order valence-corrected chi connectivity index (χ4v) is 3.76. The van der Waals surface area contributed by atoms with Crippen molar-refractivity contribution in [2.75, 3.05) is 159 Å². The third-order valence-electron chi connectivity index (χ3n) is 6.57. The van der Waals surface area contributed by atoms with Crippen LogP contribution in [-0.4, -0.2) is 165 Å². The Morgan fingerprint density at radius 1 is 0.352 bits per heavy atom. The van der Waals surface area contributed by atoms with Gasteiger partial charge in [0.05, 0.1) is 158 Å². The quantitative estimate of drug-likeness (QED) is 0.0239. The van der Waals surface area contributed by atoms with Crippen molar-refractivity contribution in [3.63, 3.8) is 0 Å². The Hall–Kier alpha value is -2.14. The monoisotopic (exact) mass is 796 g/mol. The molecule has 0 N–H and O–H groups in total. The van der Waals surface area contributed by atoms with E-state index in [0.717, 1.165) is 19.4 Å². The second-order valence-electron chi connectivity index (χ2n) is 10.8. The molecule has 0 fully saturated rings. The molecule has 14 nitrogen and oxygen atoms in total. The summed E-state index contributed by atoms with van der Waals surface area (Å²) in [6.07, 6.45) is 1.71. The lowest BCUT2D eigenvalue weighted by Crippen LogP contribution is -2.16. The van der Waals surface area contributed by atoms with Crippen molar-refractivity contribution in [2.24, 2.45) is 0 Å². The molecule has 0 aliphatic carbocycles. The zero-order valence-corrected chi connectivity index (χ0v) is 31.2.